The lowest BCUT2D eigenvalue weighted by Crippen LogP contribution is -2.26. The fraction of sp³-hybridized carbons (Fsp3) is 0.231. The Morgan fingerprint density at radius 3 is 2.43 bits per heavy atom. The van der Waals surface area contributed by atoms with Crippen LogP contribution in [0.5, 0.6) is 0 Å². The maximum atomic E-state index is 12.5. The average molecular weight is 315 g/mol. The maximum Gasteiger partial charge on any atom is 0.416 e. The van der Waals surface area contributed by atoms with Gasteiger partial charge in [-0.05, 0) is 17.7 Å². The van der Waals surface area contributed by atoms with E-state index in [0.717, 1.165) is 23.5 Å². The smallest absolute Gasteiger partial charge is 0.375 e. The van der Waals surface area contributed by atoms with E-state index in [1.54, 1.807) is 12.4 Å². The highest BCUT2D eigenvalue weighted by atomic mass is 32.1. The van der Waals surface area contributed by atoms with Gasteiger partial charge in [-0.3, -0.25) is 4.79 Å². The quantitative estimate of drug-likeness (QED) is 0.947. The van der Waals surface area contributed by atoms with Crippen molar-refractivity contribution in [1.29, 1.82) is 0 Å². The zero-order valence-electron chi connectivity index (χ0n) is 11.0. The summed E-state index contributed by atoms with van der Waals surface area (Å²) >= 11 is 1.16. The summed E-state index contributed by atoms with van der Waals surface area (Å²) < 4.78 is 37.4. The Morgan fingerprint density at radius 2 is 1.95 bits per heavy atom. The lowest BCUT2D eigenvalue weighted by molar-refractivity contribution is -0.137. The Morgan fingerprint density at radius 1 is 1.33 bits per heavy atom. The molecule has 8 heteroatoms. The molecule has 0 unspecified atom stereocenters. The predicted molar refractivity (Wildman–Crippen MR) is 73.8 cm³/mol. The van der Waals surface area contributed by atoms with Gasteiger partial charge in [-0.25, -0.2) is 4.98 Å². The lowest BCUT2D eigenvalue weighted by atomic mass is 10.1. The number of carbonyl (C=O) groups excluding carboxylic acids is 1. The van der Waals surface area contributed by atoms with Gasteiger partial charge in [0, 0.05) is 19.0 Å². The van der Waals surface area contributed by atoms with E-state index in [0.29, 0.717) is 10.7 Å². The number of carbonyl (C=O) groups is 1. The maximum absolute atomic E-state index is 12.5. The summed E-state index contributed by atoms with van der Waals surface area (Å²) in [5, 5.41) is 1.84. The van der Waals surface area contributed by atoms with E-state index in [1.807, 2.05) is 0 Å². The highest BCUT2D eigenvalue weighted by molar-refractivity contribution is 7.13. The SMILES string of the molecule is CN(Cc1ccc(C(F)(F)F)cc1)C(=O)c1csc(N)n1. The number of halogens is 3. The molecule has 2 N–H and O–H groups in total. The molecule has 1 aromatic carbocycles. The van der Waals surface area contributed by atoms with Crippen LogP contribution < -0.4 is 5.73 Å². The van der Waals surface area contributed by atoms with Crippen LogP contribution in [0.1, 0.15) is 21.6 Å². The van der Waals surface area contributed by atoms with E-state index in [2.05, 4.69) is 4.98 Å². The molecule has 1 aromatic heterocycles. The molecule has 0 aliphatic heterocycles. The molecule has 21 heavy (non-hydrogen) atoms. The van der Waals surface area contributed by atoms with E-state index in [4.69, 9.17) is 5.73 Å². The summed E-state index contributed by atoms with van der Waals surface area (Å²) in [6, 6.07) is 4.69. The number of thiazole rings is 1. The number of nitrogens with two attached hydrogens (primary N) is 1. The number of alkyl halides is 3. The van der Waals surface area contributed by atoms with Crippen LogP contribution in [0.3, 0.4) is 0 Å². The number of aromatic nitrogens is 1. The third-order valence-electron chi connectivity index (χ3n) is 2.79. The summed E-state index contributed by atoms with van der Waals surface area (Å²) in [4.78, 5) is 17.3. The fourth-order valence-electron chi connectivity index (χ4n) is 1.73. The molecule has 112 valence electrons. The molecule has 1 amide bonds. The first-order chi connectivity index (χ1) is 9.77. The van der Waals surface area contributed by atoms with Gasteiger partial charge >= 0.3 is 6.18 Å². The number of hydrogen-bond donors (Lipinski definition) is 1. The zero-order chi connectivity index (χ0) is 15.6. The van der Waals surface area contributed by atoms with Crippen LogP contribution in [0.2, 0.25) is 0 Å². The van der Waals surface area contributed by atoms with E-state index < -0.39 is 11.7 Å². The highest BCUT2D eigenvalue weighted by Gasteiger charge is 2.30. The normalized spacial score (nSPS) is 11.4. The second-order valence-corrected chi connectivity index (χ2v) is 5.32. The van der Waals surface area contributed by atoms with Crippen molar-refractivity contribution in [3.63, 3.8) is 0 Å². The second-order valence-electron chi connectivity index (χ2n) is 4.43. The second kappa shape index (κ2) is 5.72. The molecule has 0 saturated heterocycles. The Kier molecular flexibility index (Phi) is 4.17. The van der Waals surface area contributed by atoms with Crippen molar-refractivity contribution in [2.45, 2.75) is 12.7 Å². The molecule has 0 aliphatic rings. The van der Waals surface area contributed by atoms with Gasteiger partial charge in [0.1, 0.15) is 5.69 Å². The van der Waals surface area contributed by atoms with Crippen molar-refractivity contribution >= 4 is 22.4 Å². The van der Waals surface area contributed by atoms with Crippen molar-refractivity contribution in [3.05, 3.63) is 46.5 Å². The van der Waals surface area contributed by atoms with Gasteiger partial charge in [-0.1, -0.05) is 12.1 Å². The lowest BCUT2D eigenvalue weighted by Gasteiger charge is -2.16. The summed E-state index contributed by atoms with van der Waals surface area (Å²) in [5.41, 5.74) is 5.57. The minimum atomic E-state index is -4.36. The van der Waals surface area contributed by atoms with Gasteiger partial charge in [0.15, 0.2) is 5.13 Å². The van der Waals surface area contributed by atoms with Crippen molar-refractivity contribution in [2.24, 2.45) is 0 Å². The van der Waals surface area contributed by atoms with Gasteiger partial charge in [0.05, 0.1) is 5.56 Å². The number of nitrogen functional groups attached to an aromatic ring is 1. The molecule has 4 nitrogen and oxygen atoms in total. The molecule has 1 heterocycles. The van der Waals surface area contributed by atoms with Crippen LogP contribution in [-0.2, 0) is 12.7 Å². The van der Waals surface area contributed by atoms with Gasteiger partial charge in [0.25, 0.3) is 5.91 Å². The minimum Gasteiger partial charge on any atom is -0.375 e. The van der Waals surface area contributed by atoms with Crippen LogP contribution in [0.25, 0.3) is 0 Å². The van der Waals surface area contributed by atoms with Crippen LogP contribution in [-0.4, -0.2) is 22.8 Å². The number of anilines is 1. The van der Waals surface area contributed by atoms with Crippen LogP contribution in [0.15, 0.2) is 29.6 Å². The van der Waals surface area contributed by atoms with Crippen LogP contribution in [0, 0.1) is 0 Å². The summed E-state index contributed by atoms with van der Waals surface area (Å²) in [6.45, 7) is 0.189. The molecule has 0 radical (unpaired) electrons. The largest absolute Gasteiger partial charge is 0.416 e. The highest BCUT2D eigenvalue weighted by Crippen LogP contribution is 2.29. The first kappa shape index (κ1) is 15.3. The van der Waals surface area contributed by atoms with E-state index >= 15 is 0 Å². The van der Waals surface area contributed by atoms with Crippen LogP contribution in [0.4, 0.5) is 18.3 Å². The molecular formula is C13H12F3N3OS. The molecule has 0 atom stereocenters. The Balaban J connectivity index is 2.06. The van der Waals surface area contributed by atoms with E-state index in [1.165, 1.54) is 17.0 Å². The number of rotatable bonds is 3. The third-order valence-corrected chi connectivity index (χ3v) is 3.46. The first-order valence-corrected chi connectivity index (χ1v) is 6.78. The molecular weight excluding hydrogens is 303 g/mol. The van der Waals surface area contributed by atoms with Gasteiger partial charge in [-0.2, -0.15) is 13.2 Å². The van der Waals surface area contributed by atoms with Crippen molar-refractivity contribution < 1.29 is 18.0 Å². The average Bonchev–Trinajstić information content (AvgIpc) is 2.84. The molecule has 2 aromatic rings. The zero-order valence-corrected chi connectivity index (χ0v) is 11.8. The monoisotopic (exact) mass is 315 g/mol. The van der Waals surface area contributed by atoms with Gasteiger partial charge in [-0.15, -0.1) is 11.3 Å². The number of hydrogen-bond acceptors (Lipinski definition) is 4. The molecule has 0 fully saturated rings. The number of benzene rings is 1. The van der Waals surface area contributed by atoms with Crippen molar-refractivity contribution in [2.75, 3.05) is 12.8 Å². The Bertz CT molecular complexity index is 637. The topological polar surface area (TPSA) is 59.2 Å². The molecule has 0 spiro atoms. The number of nitrogens with zero attached hydrogens (tertiary/aromatic N) is 2. The van der Waals surface area contributed by atoms with E-state index in [-0.39, 0.29) is 18.1 Å². The summed E-state index contributed by atoms with van der Waals surface area (Å²) in [7, 11) is 1.55. The first-order valence-electron chi connectivity index (χ1n) is 5.90. The summed E-state index contributed by atoms with van der Waals surface area (Å²) in [6.07, 6.45) is -4.36. The molecule has 0 saturated carbocycles. The molecule has 0 aliphatic carbocycles. The van der Waals surface area contributed by atoms with Crippen molar-refractivity contribution in [3.8, 4) is 0 Å². The fourth-order valence-corrected chi connectivity index (χ4v) is 2.26. The molecule has 0 bridgehead atoms. The third kappa shape index (κ3) is 3.72. The van der Waals surface area contributed by atoms with Crippen molar-refractivity contribution in [1.82, 2.24) is 9.88 Å². The standard InChI is InChI=1S/C13H12F3N3OS/c1-19(11(20)10-7-21-12(17)18-10)6-8-2-4-9(5-3-8)13(14,15)16/h2-5,7H,6H2,1H3,(H2,17,18). The van der Waals surface area contributed by atoms with Crippen LogP contribution >= 0.6 is 11.3 Å². The number of amides is 1. The van der Waals surface area contributed by atoms with E-state index in [9.17, 15) is 18.0 Å². The Hall–Kier alpha value is -2.09. The predicted octanol–water partition coefficient (Wildman–Crippen LogP) is 3.02. The van der Waals surface area contributed by atoms with Gasteiger partial charge < -0.3 is 10.6 Å². The Labute approximate surface area is 123 Å². The summed E-state index contributed by atoms with van der Waals surface area (Å²) in [5.74, 6) is -0.331. The van der Waals surface area contributed by atoms with Gasteiger partial charge in [0.2, 0.25) is 0 Å². The minimum absolute atomic E-state index is 0.189. The molecule has 2 rings (SSSR count).